The highest BCUT2D eigenvalue weighted by Crippen LogP contribution is 2.22. The summed E-state index contributed by atoms with van der Waals surface area (Å²) < 4.78 is 8.34. The van der Waals surface area contributed by atoms with E-state index in [4.69, 9.17) is 10.00 Å². The SMILES string of the molecule is CCc1nc2ccc(Br)cc2c(=O)n1N=Cc1cc(Br)ccc1OCC#N. The number of ether oxygens (including phenoxy) is 1. The second kappa shape index (κ2) is 8.46. The van der Waals surface area contributed by atoms with Gasteiger partial charge in [0, 0.05) is 20.9 Å². The zero-order chi connectivity index (χ0) is 19.4. The van der Waals surface area contributed by atoms with E-state index in [1.807, 2.05) is 25.1 Å². The average Bonchev–Trinajstić information content (AvgIpc) is 2.66. The first-order valence-electron chi connectivity index (χ1n) is 8.08. The fourth-order valence-electron chi connectivity index (χ4n) is 2.52. The summed E-state index contributed by atoms with van der Waals surface area (Å²) in [4.78, 5) is 17.5. The Bertz CT molecular complexity index is 1130. The first kappa shape index (κ1) is 19.3. The molecule has 6 nitrogen and oxygen atoms in total. The Hall–Kier alpha value is -2.50. The molecule has 1 aromatic heterocycles. The number of hydrogen-bond donors (Lipinski definition) is 0. The molecule has 3 aromatic rings. The first-order chi connectivity index (χ1) is 13.0. The molecule has 2 aromatic carbocycles. The number of benzene rings is 2. The molecule has 0 unspecified atom stereocenters. The molecule has 0 aliphatic rings. The molecular formula is C19H14Br2N4O2. The predicted octanol–water partition coefficient (Wildman–Crippen LogP) is 4.27. The van der Waals surface area contributed by atoms with E-state index in [1.54, 1.807) is 24.3 Å². The van der Waals surface area contributed by atoms with Gasteiger partial charge in [-0.15, -0.1) is 0 Å². The van der Waals surface area contributed by atoms with Crippen LogP contribution < -0.4 is 10.3 Å². The van der Waals surface area contributed by atoms with Crippen LogP contribution in [0.5, 0.6) is 5.75 Å². The lowest BCUT2D eigenvalue weighted by Gasteiger charge is -2.09. The largest absolute Gasteiger partial charge is 0.478 e. The first-order valence-corrected chi connectivity index (χ1v) is 9.67. The van der Waals surface area contributed by atoms with Crippen LogP contribution >= 0.6 is 31.9 Å². The number of nitrogens with zero attached hydrogens (tertiary/aromatic N) is 4. The van der Waals surface area contributed by atoms with Crippen LogP contribution in [0, 0.1) is 11.3 Å². The Morgan fingerprint density at radius 2 is 2.00 bits per heavy atom. The summed E-state index contributed by atoms with van der Waals surface area (Å²) in [6.07, 6.45) is 2.08. The third-order valence-electron chi connectivity index (χ3n) is 3.77. The molecule has 3 rings (SSSR count). The minimum atomic E-state index is -0.246. The van der Waals surface area contributed by atoms with Crippen molar-refractivity contribution in [3.05, 3.63) is 67.1 Å². The van der Waals surface area contributed by atoms with E-state index in [1.165, 1.54) is 10.9 Å². The number of halogens is 2. The fraction of sp³-hybridized carbons (Fsp3) is 0.158. The minimum absolute atomic E-state index is 0.0752. The van der Waals surface area contributed by atoms with E-state index in [2.05, 4.69) is 41.9 Å². The van der Waals surface area contributed by atoms with Crippen LogP contribution in [-0.2, 0) is 6.42 Å². The lowest BCUT2D eigenvalue weighted by Crippen LogP contribution is -2.22. The molecule has 0 atom stereocenters. The molecule has 0 saturated heterocycles. The summed E-state index contributed by atoms with van der Waals surface area (Å²) in [5.74, 6) is 1.06. The van der Waals surface area contributed by atoms with Crippen molar-refractivity contribution in [3.8, 4) is 11.8 Å². The maximum atomic E-state index is 12.9. The molecule has 0 bridgehead atoms. The summed E-state index contributed by atoms with van der Waals surface area (Å²) in [6, 6.07) is 12.7. The summed E-state index contributed by atoms with van der Waals surface area (Å²) in [5.41, 5.74) is 1.03. The van der Waals surface area contributed by atoms with Gasteiger partial charge in [0.15, 0.2) is 6.61 Å². The van der Waals surface area contributed by atoms with Gasteiger partial charge in [-0.05, 0) is 36.4 Å². The lowest BCUT2D eigenvalue weighted by atomic mass is 10.2. The van der Waals surface area contributed by atoms with E-state index in [9.17, 15) is 4.79 Å². The van der Waals surface area contributed by atoms with Crippen molar-refractivity contribution in [2.75, 3.05) is 6.61 Å². The average molecular weight is 490 g/mol. The smallest absolute Gasteiger partial charge is 0.282 e. The zero-order valence-corrected chi connectivity index (χ0v) is 17.5. The molecule has 0 aliphatic carbocycles. The maximum absolute atomic E-state index is 12.9. The van der Waals surface area contributed by atoms with Gasteiger partial charge < -0.3 is 4.74 Å². The fourth-order valence-corrected chi connectivity index (χ4v) is 3.26. The summed E-state index contributed by atoms with van der Waals surface area (Å²) in [6.45, 7) is 1.84. The van der Waals surface area contributed by atoms with Gasteiger partial charge in [-0.2, -0.15) is 15.0 Å². The normalized spacial score (nSPS) is 11.0. The Balaban J connectivity index is 2.11. The molecule has 0 aliphatic heterocycles. The van der Waals surface area contributed by atoms with Crippen LogP contribution in [0.15, 0.2) is 55.2 Å². The number of nitriles is 1. The monoisotopic (exact) mass is 488 g/mol. The van der Waals surface area contributed by atoms with Crippen LogP contribution in [0.2, 0.25) is 0 Å². The van der Waals surface area contributed by atoms with Crippen LogP contribution in [0.3, 0.4) is 0 Å². The molecule has 8 heteroatoms. The highest BCUT2D eigenvalue weighted by atomic mass is 79.9. The quantitative estimate of drug-likeness (QED) is 0.501. The van der Waals surface area contributed by atoms with E-state index in [-0.39, 0.29) is 12.2 Å². The van der Waals surface area contributed by atoms with Gasteiger partial charge in [0.25, 0.3) is 5.56 Å². The Kier molecular flexibility index (Phi) is 6.04. The van der Waals surface area contributed by atoms with Gasteiger partial charge in [0.05, 0.1) is 17.1 Å². The van der Waals surface area contributed by atoms with Gasteiger partial charge in [-0.25, -0.2) is 4.98 Å². The van der Waals surface area contributed by atoms with Gasteiger partial charge in [0.2, 0.25) is 0 Å². The summed E-state index contributed by atoms with van der Waals surface area (Å²) >= 11 is 6.79. The highest BCUT2D eigenvalue weighted by molar-refractivity contribution is 9.10. The summed E-state index contributed by atoms with van der Waals surface area (Å²) in [7, 11) is 0. The molecule has 0 amide bonds. The van der Waals surface area contributed by atoms with Crippen molar-refractivity contribution in [3.63, 3.8) is 0 Å². The van der Waals surface area contributed by atoms with Crippen LogP contribution in [0.4, 0.5) is 0 Å². The van der Waals surface area contributed by atoms with Gasteiger partial charge >= 0.3 is 0 Å². The number of hydrogen-bond acceptors (Lipinski definition) is 5. The van der Waals surface area contributed by atoms with Crippen molar-refractivity contribution in [1.29, 1.82) is 5.26 Å². The molecule has 0 N–H and O–H groups in total. The Morgan fingerprint density at radius 1 is 1.26 bits per heavy atom. The van der Waals surface area contributed by atoms with E-state index >= 15 is 0 Å². The van der Waals surface area contributed by atoms with E-state index < -0.39 is 0 Å². The third kappa shape index (κ3) is 4.26. The van der Waals surface area contributed by atoms with Crippen LogP contribution in [-0.4, -0.2) is 22.5 Å². The topological polar surface area (TPSA) is 80.3 Å². The molecule has 0 fully saturated rings. The van der Waals surface area contributed by atoms with E-state index in [0.717, 1.165) is 8.95 Å². The van der Waals surface area contributed by atoms with Crippen molar-refractivity contribution >= 4 is 49.0 Å². The standard InChI is InChI=1S/C19H14Br2N4O2/c1-2-18-24-16-5-3-14(21)10-15(16)19(26)25(18)23-11-12-9-13(20)4-6-17(12)27-8-7-22/h3-6,9-11H,2,8H2,1H3. The lowest BCUT2D eigenvalue weighted by molar-refractivity contribution is 0.367. The molecule has 0 radical (unpaired) electrons. The van der Waals surface area contributed by atoms with Crippen molar-refractivity contribution in [2.45, 2.75) is 13.3 Å². The number of aromatic nitrogens is 2. The number of aryl methyl sites for hydroxylation is 1. The van der Waals surface area contributed by atoms with Crippen molar-refractivity contribution in [2.24, 2.45) is 5.10 Å². The van der Waals surface area contributed by atoms with Gasteiger partial charge in [-0.1, -0.05) is 38.8 Å². The van der Waals surface area contributed by atoms with Crippen LogP contribution in [0.25, 0.3) is 10.9 Å². The Morgan fingerprint density at radius 3 is 2.74 bits per heavy atom. The molecule has 0 spiro atoms. The minimum Gasteiger partial charge on any atom is -0.478 e. The summed E-state index contributed by atoms with van der Waals surface area (Å²) in [5, 5.41) is 13.6. The molecule has 27 heavy (non-hydrogen) atoms. The molecule has 0 saturated carbocycles. The molecular weight excluding hydrogens is 476 g/mol. The van der Waals surface area contributed by atoms with Gasteiger partial charge in [-0.3, -0.25) is 4.79 Å². The van der Waals surface area contributed by atoms with Crippen molar-refractivity contribution < 1.29 is 4.74 Å². The molecule has 136 valence electrons. The third-order valence-corrected chi connectivity index (χ3v) is 4.75. The molecule has 1 heterocycles. The number of fused-ring (bicyclic) bond motifs is 1. The van der Waals surface area contributed by atoms with Crippen molar-refractivity contribution in [1.82, 2.24) is 9.66 Å². The second-order valence-corrected chi connectivity index (χ2v) is 7.36. The maximum Gasteiger partial charge on any atom is 0.282 e. The van der Waals surface area contributed by atoms with Gasteiger partial charge in [0.1, 0.15) is 17.6 Å². The Labute approximate surface area is 172 Å². The highest BCUT2D eigenvalue weighted by Gasteiger charge is 2.10. The predicted molar refractivity (Wildman–Crippen MR) is 111 cm³/mol. The second-order valence-electron chi connectivity index (χ2n) is 5.53. The van der Waals surface area contributed by atoms with E-state index in [0.29, 0.717) is 34.5 Å². The number of rotatable bonds is 5. The zero-order valence-electron chi connectivity index (χ0n) is 14.3. The van der Waals surface area contributed by atoms with Crippen LogP contribution in [0.1, 0.15) is 18.3 Å².